The molecule has 0 aromatic carbocycles. The van der Waals surface area contributed by atoms with Crippen LogP contribution in [0.15, 0.2) is 0 Å². The third kappa shape index (κ3) is 2.83. The fraction of sp³-hybridized carbons (Fsp3) is 0.769. The number of hydrogen-bond acceptors (Lipinski definition) is 2. The fourth-order valence-electron chi connectivity index (χ4n) is 2.25. The Kier molecular flexibility index (Phi) is 4.10. The van der Waals surface area contributed by atoms with Gasteiger partial charge in [-0.3, -0.25) is 4.68 Å². The first-order valence-electron chi connectivity index (χ1n) is 6.62. The molecule has 2 atom stereocenters. The van der Waals surface area contributed by atoms with Crippen molar-refractivity contribution in [3.63, 3.8) is 0 Å². The van der Waals surface area contributed by atoms with Gasteiger partial charge in [0, 0.05) is 13.1 Å². The van der Waals surface area contributed by atoms with Crippen molar-refractivity contribution in [2.24, 2.45) is 11.8 Å². The third-order valence-corrected chi connectivity index (χ3v) is 4.11. The van der Waals surface area contributed by atoms with E-state index in [4.69, 9.17) is 11.6 Å². The highest BCUT2D eigenvalue weighted by atomic mass is 35.5. The number of rotatable bonds is 6. The van der Waals surface area contributed by atoms with Crippen LogP contribution in [0.4, 0.5) is 0 Å². The second kappa shape index (κ2) is 5.40. The lowest BCUT2D eigenvalue weighted by Gasteiger charge is -2.06. The first kappa shape index (κ1) is 12.9. The highest BCUT2D eigenvalue weighted by Crippen LogP contribution is 2.36. The van der Waals surface area contributed by atoms with Crippen LogP contribution in [-0.2, 0) is 19.5 Å². The van der Waals surface area contributed by atoms with Gasteiger partial charge in [-0.05, 0) is 38.1 Å². The summed E-state index contributed by atoms with van der Waals surface area (Å²) in [4.78, 5) is 0. The van der Waals surface area contributed by atoms with Gasteiger partial charge in [0.05, 0.1) is 16.4 Å². The van der Waals surface area contributed by atoms with Crippen LogP contribution < -0.4 is 5.32 Å². The molecule has 4 heteroatoms. The van der Waals surface area contributed by atoms with E-state index in [1.807, 2.05) is 4.68 Å². The summed E-state index contributed by atoms with van der Waals surface area (Å²) < 4.78 is 2.02. The van der Waals surface area contributed by atoms with Gasteiger partial charge in [0.1, 0.15) is 0 Å². The first-order valence-corrected chi connectivity index (χ1v) is 6.99. The molecule has 1 aliphatic carbocycles. The Morgan fingerprint density at radius 1 is 1.47 bits per heavy atom. The van der Waals surface area contributed by atoms with Gasteiger partial charge in [-0.25, -0.2) is 0 Å². The predicted molar refractivity (Wildman–Crippen MR) is 71.3 cm³/mol. The monoisotopic (exact) mass is 255 g/mol. The second-order valence-corrected chi connectivity index (χ2v) is 5.36. The van der Waals surface area contributed by atoms with Crippen LogP contribution in [0.3, 0.4) is 0 Å². The number of halogens is 1. The molecule has 1 saturated carbocycles. The van der Waals surface area contributed by atoms with Crippen molar-refractivity contribution in [1.82, 2.24) is 15.1 Å². The van der Waals surface area contributed by atoms with Gasteiger partial charge in [0.15, 0.2) is 0 Å². The highest BCUT2D eigenvalue weighted by molar-refractivity contribution is 6.31. The maximum absolute atomic E-state index is 6.34. The number of aromatic nitrogens is 2. The lowest BCUT2D eigenvalue weighted by Crippen LogP contribution is -2.19. The molecule has 0 bridgehead atoms. The topological polar surface area (TPSA) is 29.9 Å². The molecule has 1 aliphatic rings. The summed E-state index contributed by atoms with van der Waals surface area (Å²) in [5, 5.41) is 8.87. The van der Waals surface area contributed by atoms with Gasteiger partial charge in [0.2, 0.25) is 0 Å². The average Bonchev–Trinajstić information content (AvgIpc) is 2.93. The minimum absolute atomic E-state index is 0.836. The molecule has 1 N–H and O–H groups in total. The summed E-state index contributed by atoms with van der Waals surface area (Å²) in [5.41, 5.74) is 2.16. The van der Waals surface area contributed by atoms with Crippen LogP contribution in [0.2, 0.25) is 5.02 Å². The minimum atomic E-state index is 0.836. The zero-order chi connectivity index (χ0) is 12.4. The molecule has 3 nitrogen and oxygen atoms in total. The molecular weight excluding hydrogens is 234 g/mol. The molecule has 2 unspecified atom stereocenters. The Balaban J connectivity index is 1.95. The molecule has 17 heavy (non-hydrogen) atoms. The van der Waals surface area contributed by atoms with Crippen LogP contribution in [0.1, 0.15) is 38.6 Å². The maximum Gasteiger partial charge on any atom is 0.0863 e. The van der Waals surface area contributed by atoms with Crippen molar-refractivity contribution in [2.75, 3.05) is 6.54 Å². The second-order valence-electron chi connectivity index (χ2n) is 4.98. The molecular formula is C13H22ClN3. The van der Waals surface area contributed by atoms with Crippen LogP contribution in [0, 0.1) is 11.8 Å². The Hall–Kier alpha value is -0.540. The maximum atomic E-state index is 6.34. The first-order chi connectivity index (χ1) is 8.17. The van der Waals surface area contributed by atoms with Crippen LogP contribution >= 0.6 is 11.6 Å². The van der Waals surface area contributed by atoms with Crippen LogP contribution in [-0.4, -0.2) is 16.3 Å². The molecule has 96 valence electrons. The van der Waals surface area contributed by atoms with Crippen molar-refractivity contribution in [2.45, 2.75) is 46.7 Å². The lowest BCUT2D eigenvalue weighted by atomic mass is 10.3. The van der Waals surface area contributed by atoms with Crippen molar-refractivity contribution in [3.8, 4) is 0 Å². The predicted octanol–water partition coefficient (Wildman–Crippen LogP) is 2.86. The zero-order valence-electron chi connectivity index (χ0n) is 11.0. The van der Waals surface area contributed by atoms with Crippen molar-refractivity contribution in [1.29, 1.82) is 0 Å². The summed E-state index contributed by atoms with van der Waals surface area (Å²) in [5.74, 6) is 1.78. The van der Waals surface area contributed by atoms with Gasteiger partial charge in [-0.15, -0.1) is 0 Å². The molecule has 0 radical (unpaired) electrons. The summed E-state index contributed by atoms with van der Waals surface area (Å²) >= 11 is 6.34. The van der Waals surface area contributed by atoms with Crippen molar-refractivity contribution in [3.05, 3.63) is 16.4 Å². The van der Waals surface area contributed by atoms with Crippen molar-refractivity contribution < 1.29 is 0 Å². The van der Waals surface area contributed by atoms with E-state index in [0.717, 1.165) is 54.3 Å². The largest absolute Gasteiger partial charge is 0.311 e. The van der Waals surface area contributed by atoms with E-state index in [1.54, 1.807) is 0 Å². The number of aryl methyl sites for hydroxylation is 2. The van der Waals surface area contributed by atoms with E-state index in [9.17, 15) is 0 Å². The molecule has 1 aromatic rings. The van der Waals surface area contributed by atoms with Crippen LogP contribution in [0.5, 0.6) is 0 Å². The third-order valence-electron chi connectivity index (χ3n) is 3.67. The molecule has 1 fully saturated rings. The molecule has 1 aromatic heterocycles. The smallest absolute Gasteiger partial charge is 0.0863 e. The van der Waals surface area contributed by atoms with E-state index < -0.39 is 0 Å². The minimum Gasteiger partial charge on any atom is -0.311 e. The number of nitrogens with one attached hydrogen (secondary N) is 1. The molecule has 0 spiro atoms. The Morgan fingerprint density at radius 3 is 2.71 bits per heavy atom. The van der Waals surface area contributed by atoms with E-state index in [2.05, 4.69) is 31.2 Å². The summed E-state index contributed by atoms with van der Waals surface area (Å²) in [6.45, 7) is 9.34. The zero-order valence-corrected chi connectivity index (χ0v) is 11.7. The average molecular weight is 256 g/mol. The van der Waals surface area contributed by atoms with Crippen LogP contribution in [0.25, 0.3) is 0 Å². The Labute approximate surface area is 109 Å². The molecule has 2 rings (SSSR count). The normalized spacial score (nSPS) is 23.1. The van der Waals surface area contributed by atoms with Gasteiger partial charge < -0.3 is 5.32 Å². The van der Waals surface area contributed by atoms with E-state index >= 15 is 0 Å². The Bertz CT molecular complexity index is 386. The fourth-order valence-corrected chi connectivity index (χ4v) is 2.58. The molecule has 0 aliphatic heterocycles. The highest BCUT2D eigenvalue weighted by Gasteiger charge is 2.31. The van der Waals surface area contributed by atoms with Gasteiger partial charge >= 0.3 is 0 Å². The summed E-state index contributed by atoms with van der Waals surface area (Å²) in [6, 6.07) is 0. The molecule has 1 heterocycles. The van der Waals surface area contributed by atoms with Gasteiger partial charge in [0.25, 0.3) is 0 Å². The summed E-state index contributed by atoms with van der Waals surface area (Å²) in [7, 11) is 0. The lowest BCUT2D eigenvalue weighted by molar-refractivity contribution is 0.557. The van der Waals surface area contributed by atoms with E-state index in [1.165, 1.54) is 6.42 Å². The molecule has 0 saturated heterocycles. The van der Waals surface area contributed by atoms with Gasteiger partial charge in [-0.2, -0.15) is 5.10 Å². The van der Waals surface area contributed by atoms with Crippen molar-refractivity contribution >= 4 is 11.6 Å². The van der Waals surface area contributed by atoms with E-state index in [0.29, 0.717) is 0 Å². The standard InChI is InChI=1S/C13H22ClN3/c1-4-11-13(14)12(17(5-2)16-11)8-15-7-10-6-9(10)3/h9-10,15H,4-8H2,1-3H3. The molecule has 0 amide bonds. The van der Waals surface area contributed by atoms with Gasteiger partial charge in [-0.1, -0.05) is 25.4 Å². The summed E-state index contributed by atoms with van der Waals surface area (Å²) in [6.07, 6.45) is 2.27. The number of nitrogens with zero attached hydrogens (tertiary/aromatic N) is 2. The quantitative estimate of drug-likeness (QED) is 0.847. The number of hydrogen-bond donors (Lipinski definition) is 1. The SMILES string of the molecule is CCc1nn(CC)c(CNCC2CC2C)c1Cl. The van der Waals surface area contributed by atoms with E-state index in [-0.39, 0.29) is 0 Å². The Morgan fingerprint density at radius 2 is 2.18 bits per heavy atom.